The Labute approximate surface area is 235 Å². The lowest BCUT2D eigenvalue weighted by Gasteiger charge is -2.16. The summed E-state index contributed by atoms with van der Waals surface area (Å²) in [6.45, 7) is 0. The smallest absolute Gasteiger partial charge is 0.245 e. The molecule has 0 aliphatic heterocycles. The summed E-state index contributed by atoms with van der Waals surface area (Å²) < 4.78 is 78.8. The summed E-state index contributed by atoms with van der Waals surface area (Å²) in [5.74, 6) is 0. The molecule has 0 saturated heterocycles. The van der Waals surface area contributed by atoms with Crippen LogP contribution in [0.25, 0.3) is 0 Å². The van der Waals surface area contributed by atoms with Crippen molar-refractivity contribution in [2.45, 2.75) is 14.7 Å². The van der Waals surface area contributed by atoms with Crippen molar-refractivity contribution >= 4 is 64.9 Å². The first-order valence-electron chi connectivity index (χ1n) is 10.2. The summed E-state index contributed by atoms with van der Waals surface area (Å²) in [6.07, 6.45) is 0. The van der Waals surface area contributed by atoms with E-state index in [1.54, 1.807) is 0 Å². The number of halogens is 3. The highest BCUT2D eigenvalue weighted by atomic mass is 35.5. The lowest BCUT2D eigenvalue weighted by molar-refractivity contribution is 0.552. The van der Waals surface area contributed by atoms with Gasteiger partial charge in [-0.1, -0.05) is 71.2 Å². The molecule has 0 aliphatic carbocycles. The number of nitrogens with zero attached hydrogens (tertiary/aromatic N) is 3. The Morgan fingerprint density at radius 2 is 0.615 bits per heavy atom. The Balaban J connectivity index is 2.28. The molecular formula is C21H12Cl3N3O9S3. The van der Waals surface area contributed by atoms with Gasteiger partial charge in [0.05, 0.1) is 15.1 Å². The van der Waals surface area contributed by atoms with Crippen LogP contribution in [0, 0.1) is 0 Å². The average Bonchev–Trinajstić information content (AvgIpc) is 2.83. The number of rotatable bonds is 6. The fourth-order valence-electron chi connectivity index (χ4n) is 3.37. The SMILES string of the molecule is O=c1n(S(=O)(=O)c2ccccc2Cl)c(=O)n(S(=O)(=O)c2ccccc2Cl)c(=O)n1S(=O)(=O)c1ccccc1Cl. The third-order valence-electron chi connectivity index (χ3n) is 5.11. The lowest BCUT2D eigenvalue weighted by atomic mass is 10.4. The van der Waals surface area contributed by atoms with Crippen LogP contribution >= 0.6 is 34.8 Å². The van der Waals surface area contributed by atoms with Gasteiger partial charge in [0.15, 0.2) is 0 Å². The van der Waals surface area contributed by atoms with Gasteiger partial charge in [-0.2, -0.15) is 0 Å². The molecule has 0 bridgehead atoms. The van der Waals surface area contributed by atoms with Crippen molar-refractivity contribution < 1.29 is 25.3 Å². The maximum absolute atomic E-state index is 13.5. The number of aromatic nitrogens is 3. The molecule has 0 N–H and O–H groups in total. The Bertz CT molecular complexity index is 1890. The van der Waals surface area contributed by atoms with Crippen molar-refractivity contribution in [1.29, 1.82) is 0 Å². The van der Waals surface area contributed by atoms with E-state index >= 15 is 0 Å². The standard InChI is InChI=1S/C21H12Cl3N3O9S3/c22-13-7-1-4-10-16(13)37(31,32)25-19(28)26(38(33,34)17-11-5-2-8-14(17)23)21(30)27(20(25)29)39(35,36)18-12-6-3-9-15(18)24/h1-12H. The topological polar surface area (TPSA) is 168 Å². The molecule has 0 unspecified atom stereocenters. The Morgan fingerprint density at radius 1 is 0.410 bits per heavy atom. The summed E-state index contributed by atoms with van der Waals surface area (Å²) >= 11 is 17.8. The largest absolute Gasteiger partial charge is 0.365 e. The highest BCUT2D eigenvalue weighted by molar-refractivity contribution is 7.91. The van der Waals surface area contributed by atoms with Crippen LogP contribution in [-0.4, -0.2) is 37.2 Å². The molecule has 1 heterocycles. The van der Waals surface area contributed by atoms with E-state index in [-0.39, 0.29) is 0 Å². The minimum Gasteiger partial charge on any atom is -0.245 e. The van der Waals surface area contributed by atoms with Crippen molar-refractivity contribution in [3.63, 3.8) is 0 Å². The monoisotopic (exact) mass is 651 g/mol. The molecule has 4 aromatic rings. The van der Waals surface area contributed by atoms with Crippen molar-refractivity contribution in [2.75, 3.05) is 0 Å². The summed E-state index contributed by atoms with van der Waals surface area (Å²) in [4.78, 5) is 37.6. The fourth-order valence-corrected chi connectivity index (χ4v) is 8.82. The van der Waals surface area contributed by atoms with E-state index in [2.05, 4.69) is 0 Å². The molecule has 0 radical (unpaired) electrons. The number of hydrogen-bond acceptors (Lipinski definition) is 9. The van der Waals surface area contributed by atoms with Gasteiger partial charge in [0.2, 0.25) is 0 Å². The molecule has 39 heavy (non-hydrogen) atoms. The van der Waals surface area contributed by atoms with E-state index < -0.39 is 88.8 Å². The quantitative estimate of drug-likeness (QED) is 0.302. The molecule has 1 aromatic heterocycles. The van der Waals surface area contributed by atoms with Crippen LogP contribution in [-0.2, 0) is 30.1 Å². The zero-order valence-electron chi connectivity index (χ0n) is 18.8. The molecule has 18 heteroatoms. The van der Waals surface area contributed by atoms with E-state index in [9.17, 15) is 39.6 Å². The molecule has 204 valence electrons. The van der Waals surface area contributed by atoms with Gasteiger partial charge in [-0.3, -0.25) is 0 Å². The molecule has 0 amide bonds. The van der Waals surface area contributed by atoms with E-state index in [0.717, 1.165) is 36.4 Å². The van der Waals surface area contributed by atoms with Crippen LogP contribution in [0.2, 0.25) is 15.1 Å². The van der Waals surface area contributed by atoms with Crippen molar-refractivity contribution in [3.8, 4) is 0 Å². The van der Waals surface area contributed by atoms with Crippen LogP contribution in [0.15, 0.2) is 102 Å². The summed E-state index contributed by atoms with van der Waals surface area (Å²) in [7, 11) is -16.2. The number of benzene rings is 3. The predicted molar refractivity (Wildman–Crippen MR) is 141 cm³/mol. The maximum Gasteiger partial charge on any atom is 0.365 e. The van der Waals surface area contributed by atoms with Crippen LogP contribution in [0.4, 0.5) is 0 Å². The Kier molecular flexibility index (Phi) is 7.44. The van der Waals surface area contributed by atoms with E-state index in [1.807, 2.05) is 0 Å². The second-order valence-electron chi connectivity index (χ2n) is 7.45. The van der Waals surface area contributed by atoms with Crippen LogP contribution < -0.4 is 17.1 Å². The van der Waals surface area contributed by atoms with Gasteiger partial charge in [-0.25, -0.2) is 39.6 Å². The molecule has 0 atom stereocenters. The van der Waals surface area contributed by atoms with Gasteiger partial charge in [-0.05, 0) is 36.4 Å². The zero-order valence-corrected chi connectivity index (χ0v) is 23.5. The summed E-state index contributed by atoms with van der Waals surface area (Å²) in [6, 6.07) is 13.3. The van der Waals surface area contributed by atoms with Gasteiger partial charge in [-0.15, -0.1) is 11.9 Å². The molecule has 0 saturated carbocycles. The fraction of sp³-hybridized carbons (Fsp3) is 0. The number of hydrogen-bond donors (Lipinski definition) is 0. The molecule has 12 nitrogen and oxygen atoms in total. The van der Waals surface area contributed by atoms with Crippen molar-refractivity contribution in [1.82, 2.24) is 11.9 Å². The molecule has 0 aliphatic rings. The first-order chi connectivity index (χ1) is 18.1. The van der Waals surface area contributed by atoms with Crippen molar-refractivity contribution in [3.05, 3.63) is 119 Å². The molecule has 0 spiro atoms. The summed E-state index contributed by atoms with van der Waals surface area (Å²) in [5.41, 5.74) is -6.68. The zero-order chi connectivity index (χ0) is 28.9. The van der Waals surface area contributed by atoms with Crippen LogP contribution in [0.1, 0.15) is 0 Å². The highest BCUT2D eigenvalue weighted by Gasteiger charge is 2.37. The van der Waals surface area contributed by atoms with Crippen LogP contribution in [0.5, 0.6) is 0 Å². The minimum absolute atomic E-state index is 0.504. The normalized spacial score (nSPS) is 12.4. The predicted octanol–water partition coefficient (Wildman–Crippen LogP) is 1.84. The Morgan fingerprint density at radius 3 is 0.821 bits per heavy atom. The van der Waals surface area contributed by atoms with Gasteiger partial charge in [0, 0.05) is 0 Å². The first-order valence-corrected chi connectivity index (χ1v) is 15.6. The molecule has 3 aromatic carbocycles. The van der Waals surface area contributed by atoms with Gasteiger partial charge >= 0.3 is 17.1 Å². The minimum atomic E-state index is -5.41. The van der Waals surface area contributed by atoms with Gasteiger partial charge in [0.25, 0.3) is 30.1 Å². The maximum atomic E-state index is 13.5. The average molecular weight is 653 g/mol. The van der Waals surface area contributed by atoms with Crippen molar-refractivity contribution in [2.24, 2.45) is 0 Å². The molecule has 4 rings (SSSR count). The third kappa shape index (κ3) is 4.64. The van der Waals surface area contributed by atoms with Gasteiger partial charge < -0.3 is 0 Å². The van der Waals surface area contributed by atoms with E-state index in [4.69, 9.17) is 34.8 Å². The molecule has 0 fully saturated rings. The van der Waals surface area contributed by atoms with Crippen LogP contribution in [0.3, 0.4) is 0 Å². The third-order valence-corrected chi connectivity index (χ3v) is 11.5. The lowest BCUT2D eigenvalue weighted by Crippen LogP contribution is -2.59. The second kappa shape index (κ2) is 10.1. The van der Waals surface area contributed by atoms with E-state index in [0.29, 0.717) is 0 Å². The Hall–Kier alpha value is -3.21. The van der Waals surface area contributed by atoms with Gasteiger partial charge in [0.1, 0.15) is 14.7 Å². The second-order valence-corrected chi connectivity index (χ2v) is 13.9. The van der Waals surface area contributed by atoms with E-state index in [1.165, 1.54) is 36.4 Å². The first kappa shape index (κ1) is 28.8. The summed E-state index contributed by atoms with van der Waals surface area (Å²) in [5, 5.41) is -1.51. The highest BCUT2D eigenvalue weighted by Crippen LogP contribution is 2.24. The molecular weight excluding hydrogens is 641 g/mol.